The molecule has 15 heavy (non-hydrogen) atoms. The normalized spacial score (nSPS) is 14.7. The van der Waals surface area contributed by atoms with Crippen LogP contribution in [0.5, 0.6) is 0 Å². The Labute approximate surface area is 94.9 Å². The third kappa shape index (κ3) is 3.67. The van der Waals surface area contributed by atoms with Gasteiger partial charge in [-0.1, -0.05) is 6.92 Å². The maximum Gasteiger partial charge on any atom is 0.141 e. The van der Waals surface area contributed by atoms with Crippen molar-refractivity contribution in [3.05, 3.63) is 24.1 Å². The van der Waals surface area contributed by atoms with Gasteiger partial charge in [0.15, 0.2) is 0 Å². The molecule has 1 aromatic rings. The number of anilines is 1. The fraction of sp³-hybridized carbons (Fsp3) is 0.545. The molecule has 0 amide bonds. The summed E-state index contributed by atoms with van der Waals surface area (Å²) in [6.07, 6.45) is 3.00. The summed E-state index contributed by atoms with van der Waals surface area (Å²) >= 11 is 5.74. The minimum atomic E-state index is -0.323. The largest absolute Gasteiger partial charge is 0.365 e. The fourth-order valence-electron chi connectivity index (χ4n) is 1.30. The van der Waals surface area contributed by atoms with Crippen molar-refractivity contribution in [3.63, 3.8) is 0 Å². The zero-order valence-electron chi connectivity index (χ0n) is 9.06. The molecular weight excluding hydrogens is 215 g/mol. The van der Waals surface area contributed by atoms with Crippen molar-refractivity contribution in [1.29, 1.82) is 0 Å². The smallest absolute Gasteiger partial charge is 0.141 e. The van der Waals surface area contributed by atoms with Crippen LogP contribution in [0.25, 0.3) is 0 Å². The summed E-state index contributed by atoms with van der Waals surface area (Å²) in [5, 5.41) is 3.27. The lowest BCUT2D eigenvalue weighted by Crippen LogP contribution is -2.34. The van der Waals surface area contributed by atoms with Crippen molar-refractivity contribution in [3.8, 4) is 0 Å². The van der Waals surface area contributed by atoms with Gasteiger partial charge in [0.05, 0.1) is 6.20 Å². The van der Waals surface area contributed by atoms with Crippen molar-refractivity contribution in [2.24, 2.45) is 0 Å². The zero-order chi connectivity index (χ0) is 11.3. The number of alkyl halides is 1. The molecule has 0 fully saturated rings. The number of nitrogens with zero attached hydrogens (tertiary/aromatic N) is 1. The molecule has 1 heterocycles. The minimum Gasteiger partial charge on any atom is -0.365 e. The molecule has 0 aromatic carbocycles. The van der Waals surface area contributed by atoms with Crippen molar-refractivity contribution >= 4 is 17.4 Å². The Morgan fingerprint density at radius 3 is 2.73 bits per heavy atom. The van der Waals surface area contributed by atoms with Crippen molar-refractivity contribution < 1.29 is 4.39 Å². The lowest BCUT2D eigenvalue weighted by molar-refractivity contribution is 0.479. The summed E-state index contributed by atoms with van der Waals surface area (Å²) in [7, 11) is 0. The Hall–Kier alpha value is -0.830. The molecule has 0 saturated carbocycles. The van der Waals surface area contributed by atoms with E-state index >= 15 is 0 Å². The summed E-state index contributed by atoms with van der Waals surface area (Å²) < 4.78 is 12.6. The van der Waals surface area contributed by atoms with E-state index in [2.05, 4.69) is 24.1 Å². The highest BCUT2D eigenvalue weighted by Crippen LogP contribution is 2.21. The van der Waals surface area contributed by atoms with Gasteiger partial charge in [-0.25, -0.2) is 9.37 Å². The highest BCUT2D eigenvalue weighted by atomic mass is 35.5. The van der Waals surface area contributed by atoms with Crippen LogP contribution < -0.4 is 5.32 Å². The van der Waals surface area contributed by atoms with Crippen molar-refractivity contribution in [2.75, 3.05) is 11.2 Å². The molecule has 1 aromatic heterocycles. The Morgan fingerprint density at radius 2 is 2.27 bits per heavy atom. The Bertz CT molecular complexity index is 302. The third-order valence-electron chi connectivity index (χ3n) is 2.58. The topological polar surface area (TPSA) is 24.9 Å². The molecule has 4 heteroatoms. The van der Waals surface area contributed by atoms with Gasteiger partial charge in [-0.3, -0.25) is 0 Å². The van der Waals surface area contributed by atoms with Gasteiger partial charge in [0.2, 0.25) is 0 Å². The molecule has 0 saturated heterocycles. The molecular formula is C11H16ClFN2. The van der Waals surface area contributed by atoms with Crippen LogP contribution in [0.15, 0.2) is 18.3 Å². The van der Waals surface area contributed by atoms with E-state index in [1.807, 2.05) is 0 Å². The van der Waals surface area contributed by atoms with Crippen LogP contribution in [0.4, 0.5) is 10.2 Å². The predicted molar refractivity (Wildman–Crippen MR) is 61.9 cm³/mol. The first kappa shape index (κ1) is 12.2. The SMILES string of the molecule is CCC(C)(CCCl)Nc1ccc(F)cn1. The molecule has 1 atom stereocenters. The first-order valence-corrected chi connectivity index (χ1v) is 5.59. The molecule has 0 radical (unpaired) electrons. The summed E-state index contributed by atoms with van der Waals surface area (Å²) in [4.78, 5) is 3.96. The lowest BCUT2D eigenvalue weighted by atomic mass is 9.95. The van der Waals surface area contributed by atoms with Crippen LogP contribution in [-0.4, -0.2) is 16.4 Å². The second kappa shape index (κ2) is 5.31. The lowest BCUT2D eigenvalue weighted by Gasteiger charge is -2.29. The first-order valence-electron chi connectivity index (χ1n) is 5.05. The van der Waals surface area contributed by atoms with E-state index < -0.39 is 0 Å². The molecule has 1 rings (SSSR count). The quantitative estimate of drug-likeness (QED) is 0.784. The van der Waals surface area contributed by atoms with Crippen molar-refractivity contribution in [2.45, 2.75) is 32.2 Å². The summed E-state index contributed by atoms with van der Waals surface area (Å²) in [5.41, 5.74) is -0.0768. The Morgan fingerprint density at radius 1 is 1.53 bits per heavy atom. The number of aromatic nitrogens is 1. The number of rotatable bonds is 5. The predicted octanol–water partition coefficient (Wildman–Crippen LogP) is 3.43. The molecule has 0 aliphatic carbocycles. The third-order valence-corrected chi connectivity index (χ3v) is 2.77. The number of nitrogens with one attached hydrogen (secondary N) is 1. The first-order chi connectivity index (χ1) is 7.09. The molecule has 1 unspecified atom stereocenters. The van der Waals surface area contributed by atoms with Gasteiger partial charge in [0.25, 0.3) is 0 Å². The van der Waals surface area contributed by atoms with E-state index in [0.29, 0.717) is 11.7 Å². The van der Waals surface area contributed by atoms with E-state index in [9.17, 15) is 4.39 Å². The van der Waals surface area contributed by atoms with Gasteiger partial charge in [-0.2, -0.15) is 0 Å². The highest BCUT2D eigenvalue weighted by Gasteiger charge is 2.21. The van der Waals surface area contributed by atoms with Gasteiger partial charge in [-0.15, -0.1) is 11.6 Å². The zero-order valence-corrected chi connectivity index (χ0v) is 9.81. The van der Waals surface area contributed by atoms with Gasteiger partial charge >= 0.3 is 0 Å². The minimum absolute atomic E-state index is 0.0768. The van der Waals surface area contributed by atoms with E-state index in [1.54, 1.807) is 6.07 Å². The Kier molecular flexibility index (Phi) is 4.33. The van der Waals surface area contributed by atoms with E-state index in [4.69, 9.17) is 11.6 Å². The highest BCUT2D eigenvalue weighted by molar-refractivity contribution is 6.17. The molecule has 1 N–H and O–H groups in total. The number of halogens is 2. The molecule has 0 bridgehead atoms. The van der Waals surface area contributed by atoms with Crippen LogP contribution >= 0.6 is 11.6 Å². The van der Waals surface area contributed by atoms with Crippen LogP contribution in [0.1, 0.15) is 26.7 Å². The standard InChI is InChI=1S/C11H16ClFN2/c1-3-11(2,6-7-12)15-10-5-4-9(13)8-14-10/h4-5,8H,3,6-7H2,1-2H3,(H,14,15). The van der Waals surface area contributed by atoms with Gasteiger partial charge < -0.3 is 5.32 Å². The van der Waals surface area contributed by atoms with Crippen LogP contribution in [0.3, 0.4) is 0 Å². The maximum absolute atomic E-state index is 12.6. The molecule has 0 aliphatic rings. The number of hydrogen-bond acceptors (Lipinski definition) is 2. The van der Waals surface area contributed by atoms with Crippen LogP contribution in [0, 0.1) is 5.82 Å². The van der Waals surface area contributed by atoms with E-state index in [1.165, 1.54) is 12.3 Å². The Balaban J connectivity index is 2.70. The second-order valence-corrected chi connectivity index (χ2v) is 4.22. The molecule has 0 aliphatic heterocycles. The molecule has 2 nitrogen and oxygen atoms in total. The molecule has 0 spiro atoms. The van der Waals surface area contributed by atoms with Crippen molar-refractivity contribution in [1.82, 2.24) is 4.98 Å². The second-order valence-electron chi connectivity index (χ2n) is 3.84. The summed E-state index contributed by atoms with van der Waals surface area (Å²) in [6.45, 7) is 4.17. The van der Waals surface area contributed by atoms with E-state index in [0.717, 1.165) is 12.8 Å². The number of pyridine rings is 1. The van der Waals surface area contributed by atoms with Gasteiger partial charge in [-0.05, 0) is 31.9 Å². The summed E-state index contributed by atoms with van der Waals surface area (Å²) in [5.74, 6) is 0.959. The van der Waals surface area contributed by atoms with Crippen LogP contribution in [0.2, 0.25) is 0 Å². The average Bonchev–Trinajstić information content (AvgIpc) is 2.22. The van der Waals surface area contributed by atoms with Gasteiger partial charge in [0.1, 0.15) is 11.6 Å². The average molecular weight is 231 g/mol. The number of hydrogen-bond donors (Lipinski definition) is 1. The monoisotopic (exact) mass is 230 g/mol. The fourth-order valence-corrected chi connectivity index (χ4v) is 1.71. The summed E-state index contributed by atoms with van der Waals surface area (Å²) in [6, 6.07) is 3.03. The van der Waals surface area contributed by atoms with Gasteiger partial charge in [0, 0.05) is 11.4 Å². The molecule has 84 valence electrons. The maximum atomic E-state index is 12.6. The van der Waals surface area contributed by atoms with Crippen LogP contribution in [-0.2, 0) is 0 Å². The van der Waals surface area contributed by atoms with E-state index in [-0.39, 0.29) is 11.4 Å².